The van der Waals surface area contributed by atoms with Gasteiger partial charge in [-0.05, 0) is 47.3 Å². The van der Waals surface area contributed by atoms with Gasteiger partial charge in [0, 0.05) is 24.5 Å². The van der Waals surface area contributed by atoms with E-state index in [-0.39, 0.29) is 12.0 Å². The molecular weight excluding hydrogens is 204 g/mol. The first-order chi connectivity index (χ1) is 7.33. The zero-order chi connectivity index (χ0) is 12.3. The van der Waals surface area contributed by atoms with Crippen LogP contribution in [0.25, 0.3) is 0 Å². The zero-order valence-corrected chi connectivity index (χ0v) is 10.9. The van der Waals surface area contributed by atoms with E-state index in [2.05, 4.69) is 37.7 Å². The predicted octanol–water partition coefficient (Wildman–Crippen LogP) is 1.27. The Balaban J connectivity index is 2.60. The first-order valence-electron chi connectivity index (χ1n) is 5.96. The SMILES string of the molecule is CN1CCC(C)(C)N(C)CC1CCC(=O)O. The number of carboxylic acid groups (broad SMARTS) is 1. The van der Waals surface area contributed by atoms with Crippen LogP contribution in [0, 0.1) is 0 Å². The Kier molecular flexibility index (Phi) is 4.33. The lowest BCUT2D eigenvalue weighted by molar-refractivity contribution is -0.137. The van der Waals surface area contributed by atoms with Gasteiger partial charge in [-0.1, -0.05) is 0 Å². The summed E-state index contributed by atoms with van der Waals surface area (Å²) in [5.41, 5.74) is 0.215. The highest BCUT2D eigenvalue weighted by atomic mass is 16.4. The van der Waals surface area contributed by atoms with Gasteiger partial charge < -0.3 is 10.0 Å². The molecule has 1 saturated heterocycles. The molecule has 0 aromatic heterocycles. The minimum atomic E-state index is -0.695. The Hall–Kier alpha value is -0.610. The first kappa shape index (κ1) is 13.5. The fraction of sp³-hybridized carbons (Fsp3) is 0.917. The fourth-order valence-electron chi connectivity index (χ4n) is 2.13. The van der Waals surface area contributed by atoms with Gasteiger partial charge in [-0.2, -0.15) is 0 Å². The molecule has 4 heteroatoms. The summed E-state index contributed by atoms with van der Waals surface area (Å²) in [6, 6.07) is 0.364. The number of likely N-dealkylation sites (N-methyl/N-ethyl adjacent to an activating group) is 2. The molecule has 1 fully saturated rings. The molecule has 1 atom stereocenters. The van der Waals surface area contributed by atoms with Crippen molar-refractivity contribution in [1.82, 2.24) is 9.80 Å². The Bertz CT molecular complexity index is 253. The fourth-order valence-corrected chi connectivity index (χ4v) is 2.13. The summed E-state index contributed by atoms with van der Waals surface area (Å²) in [7, 11) is 4.23. The van der Waals surface area contributed by atoms with Crippen molar-refractivity contribution in [2.75, 3.05) is 27.2 Å². The second-order valence-electron chi connectivity index (χ2n) is 5.51. The molecule has 4 nitrogen and oxygen atoms in total. The van der Waals surface area contributed by atoms with E-state index in [1.165, 1.54) is 0 Å². The van der Waals surface area contributed by atoms with Gasteiger partial charge in [0.15, 0.2) is 0 Å². The van der Waals surface area contributed by atoms with Gasteiger partial charge in [0.2, 0.25) is 0 Å². The van der Waals surface area contributed by atoms with Crippen LogP contribution < -0.4 is 0 Å². The molecule has 0 amide bonds. The average Bonchev–Trinajstić information content (AvgIpc) is 2.27. The molecule has 0 radical (unpaired) electrons. The van der Waals surface area contributed by atoms with E-state index in [9.17, 15) is 4.79 Å². The average molecular weight is 228 g/mol. The highest BCUT2D eigenvalue weighted by molar-refractivity contribution is 5.66. The van der Waals surface area contributed by atoms with Gasteiger partial charge in [-0.3, -0.25) is 9.69 Å². The maximum Gasteiger partial charge on any atom is 0.303 e. The van der Waals surface area contributed by atoms with Gasteiger partial charge in [-0.25, -0.2) is 0 Å². The molecule has 0 aliphatic carbocycles. The van der Waals surface area contributed by atoms with E-state index in [0.29, 0.717) is 6.04 Å². The summed E-state index contributed by atoms with van der Waals surface area (Å²) in [5.74, 6) is -0.695. The minimum absolute atomic E-state index is 0.215. The number of hydrogen-bond donors (Lipinski definition) is 1. The third kappa shape index (κ3) is 3.46. The summed E-state index contributed by atoms with van der Waals surface area (Å²) in [5, 5.41) is 8.74. The van der Waals surface area contributed by atoms with Gasteiger partial charge >= 0.3 is 5.97 Å². The summed E-state index contributed by atoms with van der Waals surface area (Å²) in [6.45, 7) is 6.50. The van der Waals surface area contributed by atoms with Gasteiger partial charge in [0.1, 0.15) is 0 Å². The molecule has 1 aliphatic rings. The smallest absolute Gasteiger partial charge is 0.303 e. The summed E-state index contributed by atoms with van der Waals surface area (Å²) >= 11 is 0. The van der Waals surface area contributed by atoms with E-state index >= 15 is 0 Å². The third-order valence-electron chi connectivity index (χ3n) is 3.91. The molecule has 1 N–H and O–H groups in total. The zero-order valence-electron chi connectivity index (χ0n) is 10.9. The normalized spacial score (nSPS) is 27.6. The van der Waals surface area contributed by atoms with Crippen molar-refractivity contribution in [2.45, 2.75) is 44.7 Å². The lowest BCUT2D eigenvalue weighted by Gasteiger charge is -2.34. The molecule has 0 saturated carbocycles. The van der Waals surface area contributed by atoms with Crippen LogP contribution in [0.3, 0.4) is 0 Å². The number of aliphatic carboxylic acids is 1. The Morgan fingerprint density at radius 2 is 2.06 bits per heavy atom. The standard InChI is InChI=1S/C12H24N2O2/c1-12(2)7-8-13(3)10(9-14(12)4)5-6-11(15)16/h10H,5-9H2,1-4H3,(H,15,16). The van der Waals surface area contributed by atoms with Crippen molar-refractivity contribution in [2.24, 2.45) is 0 Å². The Morgan fingerprint density at radius 3 is 2.62 bits per heavy atom. The molecule has 1 rings (SSSR count). The van der Waals surface area contributed by atoms with E-state index in [4.69, 9.17) is 5.11 Å². The van der Waals surface area contributed by atoms with Crippen LogP contribution in [0.4, 0.5) is 0 Å². The second-order valence-corrected chi connectivity index (χ2v) is 5.51. The van der Waals surface area contributed by atoms with E-state index in [0.717, 1.165) is 25.9 Å². The highest BCUT2D eigenvalue weighted by Crippen LogP contribution is 2.23. The maximum absolute atomic E-state index is 10.6. The quantitative estimate of drug-likeness (QED) is 0.790. The van der Waals surface area contributed by atoms with Crippen molar-refractivity contribution < 1.29 is 9.90 Å². The highest BCUT2D eigenvalue weighted by Gasteiger charge is 2.31. The van der Waals surface area contributed by atoms with Gasteiger partial charge in [0.05, 0.1) is 0 Å². The Morgan fingerprint density at radius 1 is 1.44 bits per heavy atom. The summed E-state index contributed by atoms with van der Waals surface area (Å²) in [4.78, 5) is 15.3. The van der Waals surface area contributed by atoms with Crippen LogP contribution in [0.5, 0.6) is 0 Å². The van der Waals surface area contributed by atoms with Crippen LogP contribution >= 0.6 is 0 Å². The monoisotopic (exact) mass is 228 g/mol. The lowest BCUT2D eigenvalue weighted by Crippen LogP contribution is -2.44. The molecule has 16 heavy (non-hydrogen) atoms. The van der Waals surface area contributed by atoms with Crippen LogP contribution in [0.2, 0.25) is 0 Å². The lowest BCUT2D eigenvalue weighted by atomic mass is 9.99. The van der Waals surface area contributed by atoms with Crippen LogP contribution in [-0.4, -0.2) is 59.6 Å². The molecule has 1 unspecified atom stereocenters. The van der Waals surface area contributed by atoms with Crippen LogP contribution in [0.1, 0.15) is 33.1 Å². The van der Waals surface area contributed by atoms with Gasteiger partial charge in [-0.15, -0.1) is 0 Å². The number of nitrogens with zero attached hydrogens (tertiary/aromatic N) is 2. The van der Waals surface area contributed by atoms with Crippen molar-refractivity contribution in [1.29, 1.82) is 0 Å². The third-order valence-corrected chi connectivity index (χ3v) is 3.91. The first-order valence-corrected chi connectivity index (χ1v) is 5.96. The Labute approximate surface area is 98.2 Å². The molecule has 1 aliphatic heterocycles. The molecule has 0 spiro atoms. The van der Waals surface area contributed by atoms with Crippen molar-refractivity contribution in [3.63, 3.8) is 0 Å². The molecule has 0 aromatic carbocycles. The van der Waals surface area contributed by atoms with Crippen molar-refractivity contribution in [3.8, 4) is 0 Å². The maximum atomic E-state index is 10.6. The molecular formula is C12H24N2O2. The largest absolute Gasteiger partial charge is 0.481 e. The number of carboxylic acids is 1. The van der Waals surface area contributed by atoms with E-state index < -0.39 is 5.97 Å². The topological polar surface area (TPSA) is 43.8 Å². The van der Waals surface area contributed by atoms with Crippen LogP contribution in [-0.2, 0) is 4.79 Å². The molecule has 0 bridgehead atoms. The van der Waals surface area contributed by atoms with Crippen LogP contribution in [0.15, 0.2) is 0 Å². The van der Waals surface area contributed by atoms with Crippen molar-refractivity contribution in [3.05, 3.63) is 0 Å². The van der Waals surface area contributed by atoms with E-state index in [1.807, 2.05) is 0 Å². The number of hydrogen-bond acceptors (Lipinski definition) is 3. The summed E-state index contributed by atoms with van der Waals surface area (Å²) < 4.78 is 0. The van der Waals surface area contributed by atoms with Crippen molar-refractivity contribution >= 4 is 5.97 Å². The minimum Gasteiger partial charge on any atom is -0.481 e. The van der Waals surface area contributed by atoms with Gasteiger partial charge in [0.25, 0.3) is 0 Å². The molecule has 1 heterocycles. The number of carbonyl (C=O) groups is 1. The molecule has 94 valence electrons. The van der Waals surface area contributed by atoms with E-state index in [1.54, 1.807) is 0 Å². The predicted molar refractivity (Wildman–Crippen MR) is 64.6 cm³/mol. The summed E-state index contributed by atoms with van der Waals surface area (Å²) in [6.07, 6.45) is 2.14. The number of rotatable bonds is 3. The molecule has 0 aromatic rings. The second kappa shape index (κ2) is 5.15.